The molecule has 1 N–H and O–H groups in total. The largest absolute Gasteiger partial charge is 0.468 e. The Kier molecular flexibility index (Phi) is 6.00. The van der Waals surface area contributed by atoms with E-state index in [0.717, 1.165) is 4.47 Å². The van der Waals surface area contributed by atoms with Gasteiger partial charge < -0.3 is 9.26 Å². The van der Waals surface area contributed by atoms with Crippen molar-refractivity contribution >= 4 is 29.6 Å². The molecule has 19 heavy (non-hydrogen) atoms. The Morgan fingerprint density at radius 2 is 1.89 bits per heavy atom. The van der Waals surface area contributed by atoms with Crippen molar-refractivity contribution in [1.29, 1.82) is 0 Å². The van der Waals surface area contributed by atoms with Crippen LogP contribution < -0.4 is 9.61 Å². The third-order valence-electron chi connectivity index (χ3n) is 2.19. The Bertz CT molecular complexity index is 478. The van der Waals surface area contributed by atoms with E-state index in [-0.39, 0.29) is 0 Å². The first-order valence-electron chi connectivity index (χ1n) is 5.37. The Balaban J connectivity index is 2.77. The van der Waals surface area contributed by atoms with Crippen LogP contribution in [0, 0.1) is 0 Å². The number of hydrogen-bond acceptors (Lipinski definition) is 5. The molecule has 2 atom stereocenters. The maximum atomic E-state index is 12.3. The van der Waals surface area contributed by atoms with E-state index in [1.807, 2.05) is 0 Å². The van der Waals surface area contributed by atoms with Gasteiger partial charge in [0.15, 0.2) is 0 Å². The molecule has 0 fully saturated rings. The lowest BCUT2D eigenvalue weighted by Crippen LogP contribution is -2.34. The highest BCUT2D eigenvalue weighted by Crippen LogP contribution is 2.44. The lowest BCUT2D eigenvalue weighted by atomic mass is 10.3. The van der Waals surface area contributed by atoms with E-state index in [4.69, 9.17) is 9.05 Å². The van der Waals surface area contributed by atoms with Crippen LogP contribution in [0.3, 0.4) is 0 Å². The van der Waals surface area contributed by atoms with E-state index >= 15 is 0 Å². The van der Waals surface area contributed by atoms with Crippen LogP contribution in [-0.4, -0.2) is 26.2 Å². The van der Waals surface area contributed by atoms with Crippen LogP contribution in [0.4, 0.5) is 0 Å². The minimum absolute atomic E-state index is 0.359. The summed E-state index contributed by atoms with van der Waals surface area (Å²) in [6.07, 6.45) is 0. The molecule has 0 amide bonds. The highest BCUT2D eigenvalue weighted by Gasteiger charge is 2.30. The zero-order valence-electron chi connectivity index (χ0n) is 10.8. The molecule has 0 spiro atoms. The molecule has 0 aromatic heterocycles. The van der Waals surface area contributed by atoms with Crippen molar-refractivity contribution in [2.45, 2.75) is 13.0 Å². The first-order chi connectivity index (χ1) is 8.90. The number of methoxy groups -OCH3 is 1. The number of rotatable bonds is 6. The summed E-state index contributed by atoms with van der Waals surface area (Å²) in [5.41, 5.74) is 0. The van der Waals surface area contributed by atoms with Gasteiger partial charge in [-0.2, -0.15) is 5.09 Å². The number of nitrogens with one attached hydrogen (secondary N) is 1. The lowest BCUT2D eigenvalue weighted by molar-refractivity contribution is -0.142. The van der Waals surface area contributed by atoms with E-state index in [0.29, 0.717) is 5.75 Å². The van der Waals surface area contributed by atoms with E-state index < -0.39 is 19.8 Å². The van der Waals surface area contributed by atoms with Gasteiger partial charge in [0.1, 0.15) is 11.8 Å². The molecular weight excluding hydrogens is 337 g/mol. The van der Waals surface area contributed by atoms with E-state index in [9.17, 15) is 9.36 Å². The third-order valence-corrected chi connectivity index (χ3v) is 4.35. The summed E-state index contributed by atoms with van der Waals surface area (Å²) in [5, 5.41) is 2.48. The summed E-state index contributed by atoms with van der Waals surface area (Å²) in [7, 11) is -1.15. The highest BCUT2D eigenvalue weighted by atomic mass is 79.9. The summed E-state index contributed by atoms with van der Waals surface area (Å²) in [4.78, 5) is 11.3. The number of esters is 1. The fourth-order valence-corrected chi connectivity index (χ4v) is 2.69. The van der Waals surface area contributed by atoms with Crippen LogP contribution in [0.2, 0.25) is 0 Å². The monoisotopic (exact) mass is 351 g/mol. The van der Waals surface area contributed by atoms with Crippen LogP contribution in [0.5, 0.6) is 5.75 Å². The average molecular weight is 352 g/mol. The molecule has 0 heterocycles. The Morgan fingerprint density at radius 3 is 2.37 bits per heavy atom. The zero-order chi connectivity index (χ0) is 14.5. The predicted molar refractivity (Wildman–Crippen MR) is 74.0 cm³/mol. The number of carbonyl (C=O) groups is 1. The molecular formula is C11H15BrNO5P. The first-order valence-corrected chi connectivity index (χ1v) is 7.70. The number of carbonyl (C=O) groups excluding carboxylic acids is 1. The quantitative estimate of drug-likeness (QED) is 0.627. The zero-order valence-corrected chi connectivity index (χ0v) is 13.2. The summed E-state index contributed by atoms with van der Waals surface area (Å²) in [6, 6.07) is 5.91. The van der Waals surface area contributed by atoms with Gasteiger partial charge in [0.2, 0.25) is 0 Å². The first kappa shape index (κ1) is 16.2. The van der Waals surface area contributed by atoms with Gasteiger partial charge in [-0.1, -0.05) is 15.9 Å². The SMILES string of the molecule is COC(=O)[C@H](C)NP(=O)(OC)Oc1ccc(Br)cc1. The minimum atomic E-state index is -3.63. The summed E-state index contributed by atoms with van der Waals surface area (Å²) < 4.78 is 27.8. The van der Waals surface area contributed by atoms with Gasteiger partial charge in [-0.3, -0.25) is 9.32 Å². The number of hydrogen-bond donors (Lipinski definition) is 1. The second kappa shape index (κ2) is 7.05. The van der Waals surface area contributed by atoms with Gasteiger partial charge in [0.05, 0.1) is 7.11 Å². The minimum Gasteiger partial charge on any atom is -0.468 e. The van der Waals surface area contributed by atoms with Gasteiger partial charge in [-0.25, -0.2) is 4.57 Å². The van der Waals surface area contributed by atoms with Crippen molar-refractivity contribution in [2.24, 2.45) is 0 Å². The molecule has 1 rings (SSSR count). The molecule has 6 nitrogen and oxygen atoms in total. The fraction of sp³-hybridized carbons (Fsp3) is 0.364. The molecule has 0 aliphatic heterocycles. The molecule has 0 bridgehead atoms. The molecule has 1 aromatic carbocycles. The smallest absolute Gasteiger partial charge is 0.459 e. The number of ether oxygens (including phenoxy) is 1. The molecule has 0 aliphatic rings. The average Bonchev–Trinajstić information content (AvgIpc) is 2.40. The van der Waals surface area contributed by atoms with Crippen molar-refractivity contribution in [3.63, 3.8) is 0 Å². The van der Waals surface area contributed by atoms with Crippen LogP contribution in [0.1, 0.15) is 6.92 Å². The summed E-state index contributed by atoms with van der Waals surface area (Å²) >= 11 is 3.28. The Morgan fingerprint density at radius 1 is 1.32 bits per heavy atom. The molecule has 8 heteroatoms. The molecule has 1 unspecified atom stereocenters. The van der Waals surface area contributed by atoms with Gasteiger partial charge in [-0.15, -0.1) is 0 Å². The molecule has 0 saturated carbocycles. The van der Waals surface area contributed by atoms with Crippen LogP contribution in [0.15, 0.2) is 28.7 Å². The molecule has 0 saturated heterocycles. The van der Waals surface area contributed by atoms with E-state index in [1.54, 1.807) is 24.3 Å². The fourth-order valence-electron chi connectivity index (χ4n) is 1.22. The van der Waals surface area contributed by atoms with Crippen LogP contribution in [0.25, 0.3) is 0 Å². The Hall–Kier alpha value is -0.880. The highest BCUT2D eigenvalue weighted by molar-refractivity contribution is 9.10. The topological polar surface area (TPSA) is 73.9 Å². The van der Waals surface area contributed by atoms with Crippen molar-refractivity contribution < 1.29 is 23.1 Å². The van der Waals surface area contributed by atoms with Gasteiger partial charge in [-0.05, 0) is 31.2 Å². The van der Waals surface area contributed by atoms with E-state index in [2.05, 4.69) is 25.8 Å². The van der Waals surface area contributed by atoms with Crippen molar-refractivity contribution in [3.8, 4) is 5.75 Å². The second-order valence-corrected chi connectivity index (χ2v) is 6.32. The number of benzene rings is 1. The molecule has 0 aliphatic carbocycles. The maximum absolute atomic E-state index is 12.3. The summed E-state index contributed by atoms with van der Waals surface area (Å²) in [5.74, 6) is -0.199. The third kappa shape index (κ3) is 4.95. The van der Waals surface area contributed by atoms with Crippen molar-refractivity contribution in [3.05, 3.63) is 28.7 Å². The van der Waals surface area contributed by atoms with Crippen molar-refractivity contribution in [2.75, 3.05) is 14.2 Å². The van der Waals surface area contributed by atoms with Crippen LogP contribution in [-0.2, 0) is 18.6 Å². The Labute approximate surface area is 120 Å². The van der Waals surface area contributed by atoms with Gasteiger partial charge in [0.25, 0.3) is 0 Å². The van der Waals surface area contributed by atoms with Crippen LogP contribution >= 0.6 is 23.7 Å². The second-order valence-electron chi connectivity index (χ2n) is 3.60. The maximum Gasteiger partial charge on any atom is 0.459 e. The molecule has 0 radical (unpaired) electrons. The lowest BCUT2D eigenvalue weighted by Gasteiger charge is -2.20. The van der Waals surface area contributed by atoms with Gasteiger partial charge >= 0.3 is 13.7 Å². The normalized spacial score (nSPS) is 15.4. The predicted octanol–water partition coefficient (Wildman–Crippen LogP) is 2.73. The van der Waals surface area contributed by atoms with Crippen molar-refractivity contribution in [1.82, 2.24) is 5.09 Å². The summed E-state index contributed by atoms with van der Waals surface area (Å²) in [6.45, 7) is 1.50. The van der Waals surface area contributed by atoms with E-state index in [1.165, 1.54) is 21.1 Å². The molecule has 106 valence electrons. The molecule has 1 aromatic rings. The van der Waals surface area contributed by atoms with Gasteiger partial charge in [0, 0.05) is 11.6 Å². The standard InChI is InChI=1S/C11H15BrNO5P/c1-8(11(14)16-2)13-19(15,17-3)18-10-6-4-9(12)5-7-10/h4-8H,1-3H3,(H,13,15)/t8-,19?/m0/s1. The number of halogens is 1.